The fourth-order valence-electron chi connectivity index (χ4n) is 2.38. The molecule has 1 fully saturated rings. The third-order valence-corrected chi connectivity index (χ3v) is 3.31. The number of hydrogen-bond acceptors (Lipinski definition) is 7. The van der Waals surface area contributed by atoms with E-state index >= 15 is 0 Å². The average molecular weight is 326 g/mol. The first-order valence-electron chi connectivity index (χ1n) is 7.54. The second kappa shape index (κ2) is 7.20. The van der Waals surface area contributed by atoms with Crippen LogP contribution in [-0.4, -0.2) is 56.9 Å². The summed E-state index contributed by atoms with van der Waals surface area (Å²) >= 11 is 0. The summed E-state index contributed by atoms with van der Waals surface area (Å²) in [5.74, 6) is 0.300. The van der Waals surface area contributed by atoms with Gasteiger partial charge < -0.3 is 19.4 Å². The van der Waals surface area contributed by atoms with Gasteiger partial charge in [0.1, 0.15) is 11.4 Å². The summed E-state index contributed by atoms with van der Waals surface area (Å²) in [7, 11) is -1.85. The monoisotopic (exact) mass is 326 g/mol. The topological polar surface area (TPSA) is 109 Å². The first kappa shape index (κ1) is 17.6. The van der Waals surface area contributed by atoms with Gasteiger partial charge in [0.25, 0.3) is 0 Å². The van der Waals surface area contributed by atoms with E-state index in [9.17, 15) is 4.79 Å². The molecule has 1 saturated heterocycles. The van der Waals surface area contributed by atoms with Gasteiger partial charge in [-0.3, -0.25) is 10.1 Å². The third-order valence-electron chi connectivity index (χ3n) is 3.31. The van der Waals surface area contributed by atoms with Gasteiger partial charge in [0, 0.05) is 13.1 Å². The maximum Gasteiger partial charge on any atom is 0.707 e. The number of hydrogen-bond donors (Lipinski definition) is 3. The Hall–Kier alpha value is -1.78. The number of carbonyl (C=O) groups excluding carboxylic acids is 1. The molecule has 0 aromatic carbocycles. The first-order valence-corrected chi connectivity index (χ1v) is 7.54. The first-order chi connectivity index (χ1) is 10.7. The van der Waals surface area contributed by atoms with Crippen LogP contribution in [0, 0.1) is 0 Å². The van der Waals surface area contributed by atoms with Crippen molar-refractivity contribution in [1.82, 2.24) is 20.2 Å². The Morgan fingerprint density at radius 2 is 2.04 bits per heavy atom. The van der Waals surface area contributed by atoms with Crippen LogP contribution in [0.1, 0.15) is 39.7 Å². The van der Waals surface area contributed by atoms with Gasteiger partial charge in [-0.2, -0.15) is 5.10 Å². The van der Waals surface area contributed by atoms with Gasteiger partial charge in [0.05, 0.1) is 18.4 Å². The van der Waals surface area contributed by atoms with Crippen LogP contribution in [0.25, 0.3) is 0 Å². The van der Waals surface area contributed by atoms with Crippen LogP contribution in [0.5, 0.6) is 5.75 Å². The fourth-order valence-corrected chi connectivity index (χ4v) is 2.38. The number of hydrazine groups is 1. The number of nitrogens with zero attached hydrogens (tertiary/aromatic N) is 3. The van der Waals surface area contributed by atoms with Crippen LogP contribution in [0.2, 0.25) is 0 Å². The lowest BCUT2D eigenvalue weighted by Crippen LogP contribution is -2.48. The summed E-state index contributed by atoms with van der Waals surface area (Å²) in [5, 5.41) is 23.5. The predicted octanol–water partition coefficient (Wildman–Crippen LogP) is 0.308. The third kappa shape index (κ3) is 5.74. The van der Waals surface area contributed by atoms with E-state index in [1.54, 1.807) is 10.9 Å². The lowest BCUT2D eigenvalue weighted by atomic mass is 10.1. The largest absolute Gasteiger partial charge is 0.707 e. The Bertz CT molecular complexity index is 523. The Kier molecular flexibility index (Phi) is 5.50. The molecule has 1 aliphatic heterocycles. The molecule has 0 atom stereocenters. The number of piperidine rings is 1. The zero-order valence-electron chi connectivity index (χ0n) is 13.6. The maximum atomic E-state index is 11.7. The van der Waals surface area contributed by atoms with E-state index in [1.807, 2.05) is 25.8 Å². The average Bonchev–Trinajstić information content (AvgIpc) is 2.85. The quantitative estimate of drug-likeness (QED) is 0.683. The van der Waals surface area contributed by atoms with Gasteiger partial charge in [-0.15, -0.1) is 0 Å². The molecule has 10 heteroatoms. The van der Waals surface area contributed by atoms with E-state index < -0.39 is 19.0 Å². The van der Waals surface area contributed by atoms with Crippen LogP contribution in [-0.2, 0) is 4.74 Å². The molecule has 0 unspecified atom stereocenters. The fraction of sp³-hybridized carbons (Fsp3) is 0.692. The van der Waals surface area contributed by atoms with E-state index in [0.29, 0.717) is 18.8 Å². The Morgan fingerprint density at radius 3 is 2.61 bits per heavy atom. The SMILES string of the molecule is CC(C)(C)OC(=O)NN1CCC(n2cc(OB(O)O)cn2)CC1. The Labute approximate surface area is 135 Å². The zero-order valence-corrected chi connectivity index (χ0v) is 13.6. The van der Waals surface area contributed by atoms with Crippen molar-refractivity contribution in [1.29, 1.82) is 0 Å². The van der Waals surface area contributed by atoms with Crippen LogP contribution < -0.4 is 10.1 Å². The maximum absolute atomic E-state index is 11.7. The predicted molar refractivity (Wildman–Crippen MR) is 82.3 cm³/mol. The molecular weight excluding hydrogens is 303 g/mol. The minimum atomic E-state index is -1.85. The number of aromatic nitrogens is 2. The molecule has 0 spiro atoms. The Morgan fingerprint density at radius 1 is 1.39 bits per heavy atom. The van der Waals surface area contributed by atoms with Crippen molar-refractivity contribution in [3.63, 3.8) is 0 Å². The lowest BCUT2D eigenvalue weighted by molar-refractivity contribution is 0.0265. The molecule has 1 aromatic heterocycles. The smallest absolute Gasteiger partial charge is 0.509 e. The summed E-state index contributed by atoms with van der Waals surface area (Å²) in [6.45, 7) is 6.80. The molecule has 2 heterocycles. The van der Waals surface area contributed by atoms with Gasteiger partial charge in [-0.1, -0.05) is 0 Å². The van der Waals surface area contributed by atoms with Crippen molar-refractivity contribution in [3.05, 3.63) is 12.4 Å². The summed E-state index contributed by atoms with van der Waals surface area (Å²) in [5.41, 5.74) is 2.21. The standard InChI is InChI=1S/C13H23BN4O5/c1-13(2,3)22-12(19)16-17-6-4-10(5-7-17)18-9-11(8-15-18)23-14(20)21/h8-10,20-21H,4-7H2,1-3H3,(H,16,19). The summed E-state index contributed by atoms with van der Waals surface area (Å²) in [4.78, 5) is 11.7. The summed E-state index contributed by atoms with van der Waals surface area (Å²) in [6.07, 6.45) is 4.19. The van der Waals surface area contributed by atoms with Crippen molar-refractivity contribution in [2.75, 3.05) is 13.1 Å². The van der Waals surface area contributed by atoms with Crippen LogP contribution in [0.4, 0.5) is 4.79 Å². The minimum absolute atomic E-state index is 0.167. The Balaban J connectivity index is 1.79. The van der Waals surface area contributed by atoms with Crippen molar-refractivity contribution in [2.45, 2.75) is 45.3 Å². The second-order valence-electron chi connectivity index (χ2n) is 6.43. The molecule has 9 nitrogen and oxygen atoms in total. The van der Waals surface area contributed by atoms with Gasteiger partial charge in [0.15, 0.2) is 0 Å². The van der Waals surface area contributed by atoms with E-state index in [0.717, 1.165) is 12.8 Å². The van der Waals surface area contributed by atoms with Crippen LogP contribution in [0.15, 0.2) is 12.4 Å². The molecule has 1 amide bonds. The van der Waals surface area contributed by atoms with E-state index in [1.165, 1.54) is 6.20 Å². The van der Waals surface area contributed by atoms with Gasteiger partial charge in [0.2, 0.25) is 0 Å². The molecule has 1 aliphatic rings. The molecule has 3 N–H and O–H groups in total. The molecule has 23 heavy (non-hydrogen) atoms. The number of ether oxygens (including phenoxy) is 1. The van der Waals surface area contributed by atoms with Crippen molar-refractivity contribution >= 4 is 13.4 Å². The zero-order chi connectivity index (χ0) is 17.0. The molecule has 0 aliphatic carbocycles. The van der Waals surface area contributed by atoms with Crippen LogP contribution >= 0.6 is 0 Å². The number of amides is 1. The highest BCUT2D eigenvalue weighted by Gasteiger charge is 2.24. The minimum Gasteiger partial charge on any atom is -0.509 e. The van der Waals surface area contributed by atoms with Gasteiger partial charge in [-0.25, -0.2) is 9.80 Å². The van der Waals surface area contributed by atoms with Gasteiger partial charge in [-0.05, 0) is 33.6 Å². The molecule has 0 radical (unpaired) electrons. The number of rotatable bonds is 4. The normalized spacial score (nSPS) is 16.9. The lowest BCUT2D eigenvalue weighted by Gasteiger charge is -2.32. The van der Waals surface area contributed by atoms with Crippen molar-refractivity contribution < 1.29 is 24.2 Å². The number of nitrogens with one attached hydrogen (secondary N) is 1. The van der Waals surface area contributed by atoms with E-state index in [4.69, 9.17) is 19.4 Å². The highest BCUT2D eigenvalue weighted by molar-refractivity contribution is 6.33. The molecular formula is C13H23BN4O5. The van der Waals surface area contributed by atoms with Crippen molar-refractivity contribution in [3.8, 4) is 5.75 Å². The molecule has 1 aromatic rings. The van der Waals surface area contributed by atoms with Gasteiger partial charge >= 0.3 is 13.4 Å². The van der Waals surface area contributed by atoms with Crippen LogP contribution in [0.3, 0.4) is 0 Å². The highest BCUT2D eigenvalue weighted by atomic mass is 16.6. The highest BCUT2D eigenvalue weighted by Crippen LogP contribution is 2.23. The van der Waals surface area contributed by atoms with Crippen molar-refractivity contribution in [2.24, 2.45) is 0 Å². The summed E-state index contributed by atoms with van der Waals surface area (Å²) < 4.78 is 11.7. The second-order valence-corrected chi connectivity index (χ2v) is 6.43. The molecule has 0 bridgehead atoms. The molecule has 0 saturated carbocycles. The molecule has 128 valence electrons. The van der Waals surface area contributed by atoms with E-state index in [2.05, 4.69) is 10.5 Å². The van der Waals surface area contributed by atoms with E-state index in [-0.39, 0.29) is 6.04 Å². The summed E-state index contributed by atoms with van der Waals surface area (Å²) in [6, 6.07) is 0.167. The number of carbonyl (C=O) groups is 1. The molecule has 2 rings (SSSR count).